The number of hydrogen-bond donors (Lipinski definition) is 1. The topological polar surface area (TPSA) is 92.1 Å². The van der Waals surface area contributed by atoms with Crippen molar-refractivity contribution >= 4 is 21.4 Å². The molecule has 0 aliphatic rings. The van der Waals surface area contributed by atoms with Crippen molar-refractivity contribution in [3.05, 3.63) is 29.8 Å². The van der Waals surface area contributed by atoms with E-state index in [9.17, 15) is 8.42 Å². The fourth-order valence-corrected chi connectivity index (χ4v) is 3.23. The van der Waals surface area contributed by atoms with E-state index in [4.69, 9.17) is 4.42 Å². The van der Waals surface area contributed by atoms with Gasteiger partial charge in [0.25, 0.3) is 11.8 Å². The number of rotatable bonds is 4. The highest BCUT2D eigenvalue weighted by molar-refractivity contribution is 7.89. The zero-order valence-corrected chi connectivity index (χ0v) is 12.9. The lowest BCUT2D eigenvalue weighted by Crippen LogP contribution is -2.21. The van der Waals surface area contributed by atoms with Gasteiger partial charge in [-0.3, -0.25) is 0 Å². The standard InChI is InChI=1S/C12H12N4O3S2/c1-16(2)21(17,18)8-6-9(13-7-8)11-14-15-12(19-11)10-4-3-5-20-10/h3-7,13H,1-2H3. The van der Waals surface area contributed by atoms with Gasteiger partial charge in [0.2, 0.25) is 10.0 Å². The monoisotopic (exact) mass is 324 g/mol. The molecule has 3 rings (SSSR count). The average molecular weight is 324 g/mol. The smallest absolute Gasteiger partial charge is 0.264 e. The van der Waals surface area contributed by atoms with Gasteiger partial charge in [0, 0.05) is 20.3 Å². The van der Waals surface area contributed by atoms with Crippen molar-refractivity contribution in [2.45, 2.75) is 4.90 Å². The Morgan fingerprint density at radius 2 is 2.05 bits per heavy atom. The number of H-pyrrole nitrogens is 1. The highest BCUT2D eigenvalue weighted by atomic mass is 32.2. The molecule has 0 unspecified atom stereocenters. The van der Waals surface area contributed by atoms with Crippen LogP contribution in [0.15, 0.2) is 39.1 Å². The van der Waals surface area contributed by atoms with Gasteiger partial charge in [0.1, 0.15) is 10.6 Å². The molecule has 9 heteroatoms. The number of nitrogens with one attached hydrogen (secondary N) is 1. The van der Waals surface area contributed by atoms with Crippen LogP contribution in [0.4, 0.5) is 0 Å². The van der Waals surface area contributed by atoms with Gasteiger partial charge in [-0.1, -0.05) is 6.07 Å². The van der Waals surface area contributed by atoms with Crippen molar-refractivity contribution in [1.82, 2.24) is 19.5 Å². The Balaban J connectivity index is 1.94. The summed E-state index contributed by atoms with van der Waals surface area (Å²) in [7, 11) is -0.535. The van der Waals surface area contributed by atoms with E-state index < -0.39 is 10.0 Å². The minimum Gasteiger partial charge on any atom is -0.414 e. The minimum atomic E-state index is -3.49. The fourth-order valence-electron chi connectivity index (χ4n) is 1.69. The molecule has 3 aromatic rings. The largest absolute Gasteiger partial charge is 0.414 e. The van der Waals surface area contributed by atoms with Crippen LogP contribution < -0.4 is 0 Å². The van der Waals surface area contributed by atoms with E-state index in [1.54, 1.807) is 0 Å². The van der Waals surface area contributed by atoms with E-state index in [2.05, 4.69) is 15.2 Å². The van der Waals surface area contributed by atoms with Crippen molar-refractivity contribution in [3.8, 4) is 22.4 Å². The SMILES string of the molecule is CN(C)S(=O)(=O)c1c[nH]c(-c2nnc(-c3cccs3)o2)c1. The van der Waals surface area contributed by atoms with Crippen LogP contribution in [0.2, 0.25) is 0 Å². The van der Waals surface area contributed by atoms with Crippen LogP contribution in [0.3, 0.4) is 0 Å². The predicted molar refractivity (Wildman–Crippen MR) is 78.3 cm³/mol. The van der Waals surface area contributed by atoms with E-state index in [-0.39, 0.29) is 10.8 Å². The highest BCUT2D eigenvalue weighted by Crippen LogP contribution is 2.27. The Kier molecular flexibility index (Phi) is 3.40. The molecular formula is C12H12N4O3S2. The first kappa shape index (κ1) is 14.0. The van der Waals surface area contributed by atoms with Gasteiger partial charge in [0.05, 0.1) is 4.88 Å². The summed E-state index contributed by atoms with van der Waals surface area (Å²) < 4.78 is 30.7. The number of aromatic nitrogens is 3. The van der Waals surface area contributed by atoms with Crippen molar-refractivity contribution in [2.75, 3.05) is 14.1 Å². The molecule has 1 N–H and O–H groups in total. The normalized spacial score (nSPS) is 12.1. The van der Waals surface area contributed by atoms with E-state index in [1.807, 2.05) is 17.5 Å². The Morgan fingerprint density at radius 1 is 1.29 bits per heavy atom. The van der Waals surface area contributed by atoms with Gasteiger partial charge in [-0.05, 0) is 17.5 Å². The second-order valence-corrected chi connectivity index (χ2v) is 7.53. The van der Waals surface area contributed by atoms with Crippen LogP contribution in [0.25, 0.3) is 22.4 Å². The average Bonchev–Trinajstić information content (AvgIpc) is 3.18. The molecule has 0 atom stereocenters. The Morgan fingerprint density at radius 3 is 2.71 bits per heavy atom. The quantitative estimate of drug-likeness (QED) is 0.793. The molecule has 0 spiro atoms. The summed E-state index contributed by atoms with van der Waals surface area (Å²) in [6.45, 7) is 0. The maximum absolute atomic E-state index is 12.0. The summed E-state index contributed by atoms with van der Waals surface area (Å²) in [5.41, 5.74) is 0.464. The molecule has 7 nitrogen and oxygen atoms in total. The zero-order valence-electron chi connectivity index (χ0n) is 11.3. The maximum Gasteiger partial charge on any atom is 0.264 e. The first-order valence-corrected chi connectivity index (χ1v) is 8.29. The number of thiophene rings is 1. The first-order valence-electron chi connectivity index (χ1n) is 5.97. The molecule has 3 heterocycles. The van der Waals surface area contributed by atoms with Crippen LogP contribution in [0, 0.1) is 0 Å². The van der Waals surface area contributed by atoms with E-state index >= 15 is 0 Å². The van der Waals surface area contributed by atoms with Gasteiger partial charge >= 0.3 is 0 Å². The van der Waals surface area contributed by atoms with Crippen molar-refractivity contribution in [3.63, 3.8) is 0 Å². The number of aromatic amines is 1. The molecule has 0 saturated heterocycles. The lowest BCUT2D eigenvalue weighted by atomic mass is 10.4. The van der Waals surface area contributed by atoms with Gasteiger partial charge < -0.3 is 9.40 Å². The van der Waals surface area contributed by atoms with Gasteiger partial charge in [-0.2, -0.15) is 0 Å². The van der Waals surface area contributed by atoms with Crippen molar-refractivity contribution in [2.24, 2.45) is 0 Å². The third-order valence-corrected chi connectivity index (χ3v) is 5.47. The number of sulfonamides is 1. The number of hydrogen-bond acceptors (Lipinski definition) is 6. The Bertz CT molecular complexity index is 847. The molecule has 0 bridgehead atoms. The lowest BCUT2D eigenvalue weighted by molar-refractivity contribution is 0.521. The first-order chi connectivity index (χ1) is 9.98. The van der Waals surface area contributed by atoms with E-state index in [0.717, 1.165) is 9.18 Å². The van der Waals surface area contributed by atoms with Gasteiger partial charge in [-0.15, -0.1) is 21.5 Å². The summed E-state index contributed by atoms with van der Waals surface area (Å²) in [6, 6.07) is 5.24. The maximum atomic E-state index is 12.0. The third-order valence-electron chi connectivity index (χ3n) is 2.82. The van der Waals surface area contributed by atoms with Crippen LogP contribution in [-0.2, 0) is 10.0 Å². The number of nitrogens with zero attached hydrogens (tertiary/aromatic N) is 3. The lowest BCUT2D eigenvalue weighted by Gasteiger charge is -2.08. The van der Waals surface area contributed by atoms with Crippen molar-refractivity contribution in [1.29, 1.82) is 0 Å². The molecule has 0 aromatic carbocycles. The Hall–Kier alpha value is -1.97. The predicted octanol–water partition coefficient (Wildman–Crippen LogP) is 2.04. The van der Waals surface area contributed by atoms with E-state index in [1.165, 1.54) is 37.7 Å². The molecule has 0 amide bonds. The third kappa shape index (κ3) is 2.50. The second-order valence-electron chi connectivity index (χ2n) is 4.43. The molecule has 0 radical (unpaired) electrons. The van der Waals surface area contributed by atoms with E-state index in [0.29, 0.717) is 11.6 Å². The summed E-state index contributed by atoms with van der Waals surface area (Å²) >= 11 is 1.49. The fraction of sp³-hybridized carbons (Fsp3) is 0.167. The molecule has 0 fully saturated rings. The molecule has 21 heavy (non-hydrogen) atoms. The van der Waals surface area contributed by atoms with Gasteiger partial charge in [-0.25, -0.2) is 12.7 Å². The van der Waals surface area contributed by atoms with Crippen LogP contribution in [0.1, 0.15) is 0 Å². The van der Waals surface area contributed by atoms with Crippen LogP contribution in [-0.4, -0.2) is 42.0 Å². The van der Waals surface area contributed by atoms with Gasteiger partial charge in [0.15, 0.2) is 0 Å². The summed E-state index contributed by atoms with van der Waals surface area (Å²) in [5.74, 6) is 0.658. The molecule has 110 valence electrons. The molecule has 3 aromatic heterocycles. The Labute approximate surface area is 125 Å². The molecule has 0 saturated carbocycles. The summed E-state index contributed by atoms with van der Waals surface area (Å²) in [5, 5.41) is 9.80. The molecule has 0 aliphatic carbocycles. The van der Waals surface area contributed by atoms with Crippen LogP contribution >= 0.6 is 11.3 Å². The zero-order chi connectivity index (χ0) is 15.0. The minimum absolute atomic E-state index is 0.151. The summed E-state index contributed by atoms with van der Waals surface area (Å²) in [4.78, 5) is 3.86. The summed E-state index contributed by atoms with van der Waals surface area (Å²) in [6.07, 6.45) is 1.40. The molecular weight excluding hydrogens is 312 g/mol. The molecule has 0 aliphatic heterocycles. The highest BCUT2D eigenvalue weighted by Gasteiger charge is 2.21. The second kappa shape index (κ2) is 5.10. The van der Waals surface area contributed by atoms with Crippen molar-refractivity contribution < 1.29 is 12.8 Å². The van der Waals surface area contributed by atoms with Crippen LogP contribution in [0.5, 0.6) is 0 Å².